The number of para-hydroxylation sites is 1. The van der Waals surface area contributed by atoms with Crippen LogP contribution in [0.2, 0.25) is 0 Å². The van der Waals surface area contributed by atoms with E-state index >= 15 is 0 Å². The monoisotopic (exact) mass is 293 g/mol. The van der Waals surface area contributed by atoms with E-state index in [1.54, 1.807) is 0 Å². The van der Waals surface area contributed by atoms with Crippen molar-refractivity contribution in [2.75, 3.05) is 5.32 Å². The van der Waals surface area contributed by atoms with Crippen molar-refractivity contribution in [1.82, 2.24) is 0 Å². The lowest BCUT2D eigenvalue weighted by Gasteiger charge is -2.13. The summed E-state index contributed by atoms with van der Waals surface area (Å²) < 4.78 is 5.12. The van der Waals surface area contributed by atoms with Gasteiger partial charge in [0.05, 0.1) is 5.69 Å². The van der Waals surface area contributed by atoms with Crippen molar-refractivity contribution in [2.45, 2.75) is 39.5 Å². The van der Waals surface area contributed by atoms with E-state index in [0.717, 1.165) is 0 Å². The molecule has 0 fully saturated rings. The van der Waals surface area contributed by atoms with Crippen molar-refractivity contribution < 1.29 is 24.2 Å². The van der Waals surface area contributed by atoms with Crippen LogP contribution in [-0.4, -0.2) is 23.0 Å². The number of carboxylic acid groups (broad SMARTS) is 1. The topological polar surface area (TPSA) is 92.7 Å². The molecule has 0 spiro atoms. The van der Waals surface area contributed by atoms with Gasteiger partial charge in [0.15, 0.2) is 5.75 Å². The zero-order valence-corrected chi connectivity index (χ0v) is 12.1. The number of hydrogen-bond donors (Lipinski definition) is 2. The molecule has 114 valence electrons. The Bertz CT molecular complexity index is 539. The zero-order valence-electron chi connectivity index (χ0n) is 12.1. The number of carboxylic acids is 1. The van der Waals surface area contributed by atoms with E-state index in [1.165, 1.54) is 18.2 Å². The molecule has 6 heteroatoms. The fourth-order valence-corrected chi connectivity index (χ4v) is 1.72. The molecule has 1 aromatic rings. The Morgan fingerprint density at radius 2 is 1.81 bits per heavy atom. The molecule has 2 N–H and O–H groups in total. The number of amides is 1. The minimum Gasteiger partial charge on any atom is -0.478 e. The lowest BCUT2D eigenvalue weighted by molar-refractivity contribution is -0.134. The van der Waals surface area contributed by atoms with Crippen molar-refractivity contribution >= 4 is 23.5 Å². The predicted octanol–water partition coefficient (Wildman–Crippen LogP) is 2.83. The highest BCUT2D eigenvalue weighted by Crippen LogP contribution is 2.30. The Balaban J connectivity index is 3.11. The first-order valence-electron chi connectivity index (χ1n) is 6.86. The van der Waals surface area contributed by atoms with Crippen LogP contribution in [0.15, 0.2) is 18.2 Å². The van der Waals surface area contributed by atoms with Gasteiger partial charge in [-0.2, -0.15) is 0 Å². The fourth-order valence-electron chi connectivity index (χ4n) is 1.72. The molecule has 0 bridgehead atoms. The molecule has 0 saturated heterocycles. The molecule has 6 nitrogen and oxygen atoms in total. The van der Waals surface area contributed by atoms with Gasteiger partial charge in [0.2, 0.25) is 5.91 Å². The largest absolute Gasteiger partial charge is 0.478 e. The minimum atomic E-state index is -1.22. The van der Waals surface area contributed by atoms with Crippen LogP contribution in [0.3, 0.4) is 0 Å². The summed E-state index contributed by atoms with van der Waals surface area (Å²) in [6.45, 7) is 3.67. The quantitative estimate of drug-likeness (QED) is 0.595. The smallest absolute Gasteiger partial charge is 0.339 e. The Labute approximate surface area is 123 Å². The first kappa shape index (κ1) is 16.7. The van der Waals surface area contributed by atoms with Crippen LogP contribution in [0.25, 0.3) is 0 Å². The summed E-state index contributed by atoms with van der Waals surface area (Å²) in [5.41, 5.74) is 0.0338. The third kappa shape index (κ3) is 4.91. The number of ether oxygens (including phenoxy) is 1. The van der Waals surface area contributed by atoms with Crippen molar-refractivity contribution in [1.29, 1.82) is 0 Å². The van der Waals surface area contributed by atoms with E-state index in [2.05, 4.69) is 5.32 Å². The van der Waals surface area contributed by atoms with Gasteiger partial charge in [0.1, 0.15) is 5.56 Å². The van der Waals surface area contributed by atoms with Crippen LogP contribution in [0.5, 0.6) is 5.75 Å². The maximum Gasteiger partial charge on any atom is 0.339 e. The average Bonchev–Trinajstić information content (AvgIpc) is 2.40. The second-order valence-electron chi connectivity index (χ2n) is 4.51. The summed E-state index contributed by atoms with van der Waals surface area (Å²) >= 11 is 0. The summed E-state index contributed by atoms with van der Waals surface area (Å²) in [6, 6.07) is 4.32. The molecule has 1 aromatic carbocycles. The van der Waals surface area contributed by atoms with Gasteiger partial charge in [0, 0.05) is 12.8 Å². The van der Waals surface area contributed by atoms with Gasteiger partial charge in [-0.05, 0) is 25.0 Å². The molecule has 0 unspecified atom stereocenters. The molecule has 0 aromatic heterocycles. The molecule has 0 aliphatic rings. The number of carbonyl (C=O) groups is 3. The summed E-state index contributed by atoms with van der Waals surface area (Å²) in [4.78, 5) is 34.5. The lowest BCUT2D eigenvalue weighted by atomic mass is 10.1. The molecule has 0 radical (unpaired) electrons. The maximum absolute atomic E-state index is 11.7. The van der Waals surface area contributed by atoms with E-state index in [4.69, 9.17) is 9.84 Å². The molecule has 0 aliphatic carbocycles. The number of carbonyl (C=O) groups excluding carboxylic acids is 2. The number of nitrogens with one attached hydrogen (secondary N) is 1. The second-order valence-corrected chi connectivity index (χ2v) is 4.51. The number of anilines is 1. The highest BCUT2D eigenvalue weighted by molar-refractivity contribution is 5.99. The van der Waals surface area contributed by atoms with Crippen molar-refractivity contribution in [3.8, 4) is 5.75 Å². The van der Waals surface area contributed by atoms with Crippen LogP contribution < -0.4 is 10.1 Å². The van der Waals surface area contributed by atoms with Crippen molar-refractivity contribution in [3.05, 3.63) is 23.8 Å². The molecule has 0 aliphatic heterocycles. The standard InChI is InChI=1S/C15H19NO5/c1-3-6-12(17)16-11-9-5-8-10(15(19)20)14(11)21-13(18)7-4-2/h5,8-9H,3-4,6-7H2,1-2H3,(H,16,17)(H,19,20). The van der Waals surface area contributed by atoms with E-state index in [1.807, 2.05) is 13.8 Å². The highest BCUT2D eigenvalue weighted by Gasteiger charge is 2.19. The van der Waals surface area contributed by atoms with Gasteiger partial charge in [-0.15, -0.1) is 0 Å². The van der Waals surface area contributed by atoms with Crippen LogP contribution in [0, 0.1) is 0 Å². The maximum atomic E-state index is 11.7. The van der Waals surface area contributed by atoms with Crippen LogP contribution in [-0.2, 0) is 9.59 Å². The summed E-state index contributed by atoms with van der Waals surface area (Å²) in [5.74, 6) is -2.13. The molecule has 0 heterocycles. The normalized spacial score (nSPS) is 10.0. The molecular formula is C15H19NO5. The van der Waals surface area contributed by atoms with E-state index in [9.17, 15) is 14.4 Å². The number of hydrogen-bond acceptors (Lipinski definition) is 4. The van der Waals surface area contributed by atoms with Gasteiger partial charge < -0.3 is 15.2 Å². The number of benzene rings is 1. The number of esters is 1. The fraction of sp³-hybridized carbons (Fsp3) is 0.400. The van der Waals surface area contributed by atoms with Crippen LogP contribution in [0.4, 0.5) is 5.69 Å². The molecule has 0 saturated carbocycles. The van der Waals surface area contributed by atoms with Crippen molar-refractivity contribution in [2.24, 2.45) is 0 Å². The first-order chi connectivity index (χ1) is 9.99. The Morgan fingerprint density at radius 1 is 1.14 bits per heavy atom. The third-order valence-electron chi connectivity index (χ3n) is 2.67. The Hall–Kier alpha value is -2.37. The van der Waals surface area contributed by atoms with Crippen LogP contribution >= 0.6 is 0 Å². The molecule has 1 amide bonds. The van der Waals surface area contributed by atoms with Gasteiger partial charge >= 0.3 is 11.9 Å². The van der Waals surface area contributed by atoms with E-state index in [0.29, 0.717) is 19.3 Å². The third-order valence-corrected chi connectivity index (χ3v) is 2.67. The molecule has 1 rings (SSSR count). The minimum absolute atomic E-state index is 0.118. The predicted molar refractivity (Wildman–Crippen MR) is 77.5 cm³/mol. The Morgan fingerprint density at radius 3 is 2.38 bits per heavy atom. The first-order valence-corrected chi connectivity index (χ1v) is 6.86. The van der Waals surface area contributed by atoms with E-state index in [-0.39, 0.29) is 29.3 Å². The zero-order chi connectivity index (χ0) is 15.8. The van der Waals surface area contributed by atoms with Gasteiger partial charge in [0.25, 0.3) is 0 Å². The summed E-state index contributed by atoms with van der Waals surface area (Å²) in [5, 5.41) is 11.7. The number of rotatable bonds is 7. The molecular weight excluding hydrogens is 274 g/mol. The average molecular weight is 293 g/mol. The van der Waals surface area contributed by atoms with Gasteiger partial charge in [-0.1, -0.05) is 19.9 Å². The van der Waals surface area contributed by atoms with Crippen molar-refractivity contribution in [3.63, 3.8) is 0 Å². The SMILES string of the molecule is CCCC(=O)Nc1cccc(C(=O)O)c1OC(=O)CCC. The summed E-state index contributed by atoms with van der Waals surface area (Å²) in [6.07, 6.45) is 1.73. The molecule has 21 heavy (non-hydrogen) atoms. The second kappa shape index (κ2) is 8.04. The summed E-state index contributed by atoms with van der Waals surface area (Å²) in [7, 11) is 0. The lowest BCUT2D eigenvalue weighted by Crippen LogP contribution is -2.16. The molecule has 0 atom stereocenters. The Kier molecular flexibility index (Phi) is 6.39. The van der Waals surface area contributed by atoms with Gasteiger partial charge in [-0.25, -0.2) is 4.79 Å². The van der Waals surface area contributed by atoms with Gasteiger partial charge in [-0.3, -0.25) is 9.59 Å². The van der Waals surface area contributed by atoms with E-state index < -0.39 is 11.9 Å². The van der Waals surface area contributed by atoms with Crippen LogP contribution in [0.1, 0.15) is 49.9 Å². The number of aromatic carboxylic acids is 1. The highest BCUT2D eigenvalue weighted by atomic mass is 16.5.